The van der Waals surface area contributed by atoms with Crippen molar-refractivity contribution in [3.63, 3.8) is 0 Å². The third kappa shape index (κ3) is 4.27. The maximum atomic E-state index is 12.4. The van der Waals surface area contributed by atoms with Crippen LogP contribution in [-0.2, 0) is 20.9 Å². The highest BCUT2D eigenvalue weighted by molar-refractivity contribution is 5.83. The van der Waals surface area contributed by atoms with E-state index in [1.165, 1.54) is 0 Å². The quantitative estimate of drug-likeness (QED) is 0.604. The standard InChI is InChI=1S/C16H24N4O3/c1-11-15(19-20-18-11)16(21)17-13-7-8-22-10-14(13)23-9-12-5-3-2-4-6-12/h2-6,11,13-15,18-20H,7-10H2,1H3,(H,17,21)/t11?,13-,14-,15?/m1/s1. The first-order chi connectivity index (χ1) is 11.2. The number of carbonyl (C=O) groups is 1. The smallest absolute Gasteiger partial charge is 0.240 e. The lowest BCUT2D eigenvalue weighted by Crippen LogP contribution is -2.55. The number of carbonyl (C=O) groups excluding carboxylic acids is 1. The van der Waals surface area contributed by atoms with Crippen LogP contribution in [0.5, 0.6) is 0 Å². The molecule has 1 amide bonds. The fourth-order valence-electron chi connectivity index (χ4n) is 2.83. The van der Waals surface area contributed by atoms with Crippen LogP contribution >= 0.6 is 0 Å². The number of hydrogen-bond acceptors (Lipinski definition) is 6. The van der Waals surface area contributed by atoms with Crippen LogP contribution in [0.4, 0.5) is 0 Å². The Balaban J connectivity index is 1.54. The van der Waals surface area contributed by atoms with Crippen LogP contribution in [0, 0.1) is 0 Å². The fourth-order valence-corrected chi connectivity index (χ4v) is 2.83. The minimum Gasteiger partial charge on any atom is -0.379 e. The maximum absolute atomic E-state index is 12.4. The van der Waals surface area contributed by atoms with Gasteiger partial charge in [-0.1, -0.05) is 30.3 Å². The van der Waals surface area contributed by atoms with Gasteiger partial charge >= 0.3 is 0 Å². The monoisotopic (exact) mass is 320 g/mol. The summed E-state index contributed by atoms with van der Waals surface area (Å²) in [5.74, 6) is -0.0322. The first-order valence-corrected chi connectivity index (χ1v) is 8.04. The molecule has 2 aliphatic heterocycles. The molecule has 7 heteroatoms. The van der Waals surface area contributed by atoms with E-state index in [9.17, 15) is 4.79 Å². The summed E-state index contributed by atoms with van der Waals surface area (Å²) in [6.45, 7) is 3.61. The lowest BCUT2D eigenvalue weighted by molar-refractivity contribution is -0.128. The molecular weight excluding hydrogens is 296 g/mol. The van der Waals surface area contributed by atoms with Crippen molar-refractivity contribution in [1.82, 2.24) is 21.7 Å². The molecule has 4 N–H and O–H groups in total. The highest BCUT2D eigenvalue weighted by Crippen LogP contribution is 2.14. The number of hydrazine groups is 2. The largest absolute Gasteiger partial charge is 0.379 e. The first kappa shape index (κ1) is 16.4. The maximum Gasteiger partial charge on any atom is 0.240 e. The normalized spacial score (nSPS) is 31.0. The van der Waals surface area contributed by atoms with Crippen LogP contribution in [-0.4, -0.2) is 43.4 Å². The van der Waals surface area contributed by atoms with Crippen LogP contribution in [0.25, 0.3) is 0 Å². The van der Waals surface area contributed by atoms with Crippen molar-refractivity contribution in [1.29, 1.82) is 0 Å². The van der Waals surface area contributed by atoms with Crippen molar-refractivity contribution in [2.24, 2.45) is 0 Å². The predicted octanol–water partition coefficient (Wildman–Crippen LogP) is -0.154. The minimum atomic E-state index is -0.299. The van der Waals surface area contributed by atoms with E-state index in [-0.39, 0.29) is 30.1 Å². The average molecular weight is 320 g/mol. The fraction of sp³-hybridized carbons (Fsp3) is 0.562. The van der Waals surface area contributed by atoms with Crippen molar-refractivity contribution >= 4 is 5.91 Å². The van der Waals surface area contributed by atoms with Gasteiger partial charge in [-0.3, -0.25) is 4.79 Å². The molecule has 0 saturated carbocycles. The summed E-state index contributed by atoms with van der Waals surface area (Å²) in [4.78, 5) is 12.4. The Bertz CT molecular complexity index is 513. The topological polar surface area (TPSA) is 83.7 Å². The van der Waals surface area contributed by atoms with E-state index in [1.54, 1.807) is 0 Å². The molecule has 7 nitrogen and oxygen atoms in total. The van der Waals surface area contributed by atoms with Crippen LogP contribution in [0.3, 0.4) is 0 Å². The number of hydrogen-bond donors (Lipinski definition) is 4. The Morgan fingerprint density at radius 3 is 2.91 bits per heavy atom. The van der Waals surface area contributed by atoms with Crippen molar-refractivity contribution in [3.8, 4) is 0 Å². The second kappa shape index (κ2) is 7.85. The van der Waals surface area contributed by atoms with Crippen molar-refractivity contribution in [2.45, 2.75) is 44.2 Å². The zero-order valence-corrected chi connectivity index (χ0v) is 13.2. The Hall–Kier alpha value is -1.51. The van der Waals surface area contributed by atoms with E-state index >= 15 is 0 Å². The molecule has 23 heavy (non-hydrogen) atoms. The van der Waals surface area contributed by atoms with Gasteiger partial charge in [0.1, 0.15) is 12.1 Å². The van der Waals surface area contributed by atoms with Crippen LogP contribution in [0.15, 0.2) is 30.3 Å². The number of benzene rings is 1. The molecule has 0 aromatic heterocycles. The van der Waals surface area contributed by atoms with Crippen LogP contribution in [0.2, 0.25) is 0 Å². The molecule has 1 aromatic carbocycles. The molecular formula is C16H24N4O3. The number of nitrogens with one attached hydrogen (secondary N) is 4. The molecule has 2 fully saturated rings. The van der Waals surface area contributed by atoms with Crippen molar-refractivity contribution in [2.75, 3.05) is 13.2 Å². The highest BCUT2D eigenvalue weighted by Gasteiger charge is 2.34. The van der Waals surface area contributed by atoms with E-state index in [4.69, 9.17) is 9.47 Å². The molecule has 0 radical (unpaired) electrons. The predicted molar refractivity (Wildman–Crippen MR) is 85.0 cm³/mol. The molecule has 0 bridgehead atoms. The zero-order valence-electron chi connectivity index (χ0n) is 13.2. The second-order valence-electron chi connectivity index (χ2n) is 5.99. The van der Waals surface area contributed by atoms with E-state index in [0.717, 1.165) is 12.0 Å². The summed E-state index contributed by atoms with van der Waals surface area (Å²) in [5.41, 5.74) is 9.79. The molecule has 3 rings (SSSR count). The second-order valence-corrected chi connectivity index (χ2v) is 5.99. The average Bonchev–Trinajstić information content (AvgIpc) is 3.01. The van der Waals surface area contributed by atoms with Gasteiger partial charge in [0.15, 0.2) is 0 Å². The van der Waals surface area contributed by atoms with E-state index in [0.29, 0.717) is 19.8 Å². The van der Waals surface area contributed by atoms with Gasteiger partial charge in [-0.15, -0.1) is 0 Å². The summed E-state index contributed by atoms with van der Waals surface area (Å²) in [6, 6.07) is 9.71. The molecule has 0 spiro atoms. The van der Waals surface area contributed by atoms with Crippen LogP contribution < -0.4 is 21.7 Å². The number of rotatable bonds is 5. The molecule has 4 atom stereocenters. The van der Waals surface area contributed by atoms with E-state index in [1.807, 2.05) is 37.3 Å². The highest BCUT2D eigenvalue weighted by atomic mass is 16.5. The third-order valence-electron chi connectivity index (χ3n) is 4.25. The Kier molecular flexibility index (Phi) is 5.58. The number of ether oxygens (including phenoxy) is 2. The van der Waals surface area contributed by atoms with E-state index < -0.39 is 0 Å². The van der Waals surface area contributed by atoms with Crippen molar-refractivity contribution < 1.29 is 14.3 Å². The summed E-state index contributed by atoms with van der Waals surface area (Å²) in [5, 5.41) is 3.09. The molecule has 2 saturated heterocycles. The van der Waals surface area contributed by atoms with Gasteiger partial charge in [-0.2, -0.15) is 5.53 Å². The van der Waals surface area contributed by atoms with Crippen LogP contribution in [0.1, 0.15) is 18.9 Å². The van der Waals surface area contributed by atoms with Gasteiger partial charge < -0.3 is 14.8 Å². The minimum absolute atomic E-state index is 0.0264. The van der Waals surface area contributed by atoms with Gasteiger partial charge in [0.05, 0.1) is 19.3 Å². The summed E-state index contributed by atoms with van der Waals surface area (Å²) >= 11 is 0. The lowest BCUT2D eigenvalue weighted by atomic mass is 10.0. The summed E-state index contributed by atoms with van der Waals surface area (Å²) in [7, 11) is 0. The van der Waals surface area contributed by atoms with Gasteiger partial charge in [0.25, 0.3) is 0 Å². The van der Waals surface area contributed by atoms with Crippen molar-refractivity contribution in [3.05, 3.63) is 35.9 Å². The number of amides is 1. The molecule has 126 valence electrons. The third-order valence-corrected chi connectivity index (χ3v) is 4.25. The first-order valence-electron chi connectivity index (χ1n) is 8.04. The SMILES string of the molecule is CC1NNNC1C(=O)N[C@@H]1CCOC[C@H]1OCc1ccccc1. The zero-order chi connectivity index (χ0) is 16.1. The Morgan fingerprint density at radius 1 is 1.35 bits per heavy atom. The molecule has 2 heterocycles. The van der Waals surface area contributed by atoms with E-state index in [2.05, 4.69) is 21.7 Å². The molecule has 2 aliphatic rings. The Morgan fingerprint density at radius 2 is 2.17 bits per heavy atom. The molecule has 2 unspecified atom stereocenters. The summed E-state index contributed by atoms with van der Waals surface area (Å²) < 4.78 is 11.5. The lowest BCUT2D eigenvalue weighted by Gasteiger charge is -2.33. The van der Waals surface area contributed by atoms with Gasteiger partial charge in [0, 0.05) is 12.6 Å². The molecule has 1 aromatic rings. The van der Waals surface area contributed by atoms with Gasteiger partial charge in [0.2, 0.25) is 5.91 Å². The van der Waals surface area contributed by atoms with Gasteiger partial charge in [-0.25, -0.2) is 10.9 Å². The Labute approximate surface area is 136 Å². The summed E-state index contributed by atoms with van der Waals surface area (Å²) in [6.07, 6.45) is 0.623. The van der Waals surface area contributed by atoms with Gasteiger partial charge in [-0.05, 0) is 18.9 Å². The molecule has 0 aliphatic carbocycles.